The number of hydrogen-bond acceptors (Lipinski definition) is 5. The van der Waals surface area contributed by atoms with E-state index in [0.29, 0.717) is 28.5 Å². The van der Waals surface area contributed by atoms with Gasteiger partial charge in [0.15, 0.2) is 0 Å². The minimum atomic E-state index is -0.438. The lowest BCUT2D eigenvalue weighted by Gasteiger charge is -2.16. The summed E-state index contributed by atoms with van der Waals surface area (Å²) in [6.45, 7) is 6.46. The Kier molecular flexibility index (Phi) is 9.02. The van der Waals surface area contributed by atoms with Gasteiger partial charge < -0.3 is 15.5 Å². The Morgan fingerprint density at radius 2 is 1.86 bits per heavy atom. The van der Waals surface area contributed by atoms with Crippen LogP contribution in [0.2, 0.25) is 5.02 Å². The Balaban J connectivity index is 1.97. The first-order valence-corrected chi connectivity index (χ1v) is 10.1. The molecule has 1 heterocycles. The van der Waals surface area contributed by atoms with E-state index in [2.05, 4.69) is 39.5 Å². The molecule has 7 nitrogen and oxygen atoms in total. The van der Waals surface area contributed by atoms with Crippen molar-refractivity contribution in [2.45, 2.75) is 33.1 Å². The van der Waals surface area contributed by atoms with Crippen LogP contribution in [0.5, 0.6) is 0 Å². The van der Waals surface area contributed by atoms with Crippen molar-refractivity contribution in [2.24, 2.45) is 0 Å². The lowest BCUT2D eigenvalue weighted by atomic mass is 10.1. The van der Waals surface area contributed by atoms with E-state index < -0.39 is 5.91 Å². The topological polar surface area (TPSA) is 87.2 Å². The van der Waals surface area contributed by atoms with E-state index in [9.17, 15) is 9.59 Å². The van der Waals surface area contributed by atoms with Gasteiger partial charge in [0.1, 0.15) is 5.69 Å². The van der Waals surface area contributed by atoms with Gasteiger partial charge in [-0.25, -0.2) is 4.98 Å². The smallest absolute Gasteiger partial charge is 0.275 e. The van der Waals surface area contributed by atoms with Crippen molar-refractivity contribution in [3.8, 4) is 0 Å². The van der Waals surface area contributed by atoms with Crippen molar-refractivity contribution >= 4 is 29.1 Å². The van der Waals surface area contributed by atoms with Gasteiger partial charge in [0.05, 0.1) is 23.1 Å². The zero-order valence-electron chi connectivity index (χ0n) is 17.2. The number of aromatic nitrogens is 2. The molecule has 0 fully saturated rings. The molecule has 0 spiro atoms. The van der Waals surface area contributed by atoms with Crippen LogP contribution in [0.4, 0.5) is 5.69 Å². The monoisotopic (exact) mass is 417 g/mol. The molecule has 2 aromatic rings. The van der Waals surface area contributed by atoms with Gasteiger partial charge in [0.2, 0.25) is 0 Å². The van der Waals surface area contributed by atoms with Gasteiger partial charge in [-0.2, -0.15) is 0 Å². The first-order valence-electron chi connectivity index (χ1n) is 9.77. The molecule has 8 heteroatoms. The molecule has 0 aliphatic carbocycles. The number of rotatable bonds is 10. The van der Waals surface area contributed by atoms with E-state index in [1.54, 1.807) is 25.1 Å². The van der Waals surface area contributed by atoms with Gasteiger partial charge >= 0.3 is 0 Å². The summed E-state index contributed by atoms with van der Waals surface area (Å²) in [4.78, 5) is 35.4. The molecule has 0 atom stereocenters. The minimum absolute atomic E-state index is 0.173. The highest BCUT2D eigenvalue weighted by atomic mass is 35.5. The Labute approximate surface area is 176 Å². The normalized spacial score (nSPS) is 10.8. The van der Waals surface area contributed by atoms with Crippen LogP contribution < -0.4 is 10.6 Å². The molecule has 0 unspecified atom stereocenters. The van der Waals surface area contributed by atoms with E-state index in [1.165, 1.54) is 25.2 Å². The highest BCUT2D eigenvalue weighted by Gasteiger charge is 2.16. The number of anilines is 1. The van der Waals surface area contributed by atoms with Crippen LogP contribution in [0.1, 0.15) is 52.7 Å². The fraction of sp³-hybridized carbons (Fsp3) is 0.429. The zero-order chi connectivity index (χ0) is 21.2. The Hall–Kier alpha value is -2.51. The van der Waals surface area contributed by atoms with Gasteiger partial charge in [-0.15, -0.1) is 0 Å². The Bertz CT molecular complexity index is 826. The molecule has 2 N–H and O–H groups in total. The highest BCUT2D eigenvalue weighted by molar-refractivity contribution is 6.31. The predicted octanol–water partition coefficient (Wildman–Crippen LogP) is 3.54. The summed E-state index contributed by atoms with van der Waals surface area (Å²) in [5.74, 6) is -0.722. The molecule has 29 heavy (non-hydrogen) atoms. The summed E-state index contributed by atoms with van der Waals surface area (Å²) < 4.78 is 0. The molecule has 2 amide bonds. The summed E-state index contributed by atoms with van der Waals surface area (Å²) in [5.41, 5.74) is 1.57. The molecule has 0 bridgehead atoms. The fourth-order valence-corrected chi connectivity index (χ4v) is 2.87. The van der Waals surface area contributed by atoms with Crippen LogP contribution in [0.25, 0.3) is 0 Å². The van der Waals surface area contributed by atoms with Gasteiger partial charge in [-0.1, -0.05) is 24.9 Å². The SMILES string of the molecule is CCCCN(C)CCCNC(=O)c1cc(Cl)ccc1NC(=O)c1cnc(C)cn1. The average Bonchev–Trinajstić information content (AvgIpc) is 2.71. The third kappa shape index (κ3) is 7.44. The van der Waals surface area contributed by atoms with E-state index in [0.717, 1.165) is 19.5 Å². The Morgan fingerprint density at radius 1 is 1.10 bits per heavy atom. The molecule has 0 aliphatic heterocycles. The van der Waals surface area contributed by atoms with Crippen molar-refractivity contribution in [3.63, 3.8) is 0 Å². The lowest BCUT2D eigenvalue weighted by Crippen LogP contribution is -2.29. The van der Waals surface area contributed by atoms with Crippen molar-refractivity contribution < 1.29 is 9.59 Å². The lowest BCUT2D eigenvalue weighted by molar-refractivity contribution is 0.0953. The number of nitrogens with one attached hydrogen (secondary N) is 2. The first kappa shape index (κ1) is 22.8. The van der Waals surface area contributed by atoms with Crippen LogP contribution in [0, 0.1) is 6.92 Å². The third-order valence-electron chi connectivity index (χ3n) is 4.38. The maximum Gasteiger partial charge on any atom is 0.275 e. The Morgan fingerprint density at radius 3 is 2.55 bits per heavy atom. The van der Waals surface area contributed by atoms with Gasteiger partial charge in [-0.05, 0) is 58.1 Å². The molecule has 0 saturated heterocycles. The fourth-order valence-electron chi connectivity index (χ4n) is 2.70. The largest absolute Gasteiger partial charge is 0.352 e. The quantitative estimate of drug-likeness (QED) is 0.577. The summed E-state index contributed by atoms with van der Waals surface area (Å²) in [7, 11) is 2.08. The second-order valence-corrected chi connectivity index (χ2v) is 7.39. The standard InChI is InChI=1S/C21H28ClN5O2/c1-4-5-10-27(3)11-6-9-23-20(28)17-12-16(22)7-8-18(17)26-21(29)19-14-24-15(2)13-25-19/h7-8,12-14H,4-6,9-11H2,1-3H3,(H,23,28)(H,26,29). The van der Waals surface area contributed by atoms with Crippen LogP contribution >= 0.6 is 11.6 Å². The number of hydrogen-bond donors (Lipinski definition) is 2. The second kappa shape index (κ2) is 11.5. The maximum absolute atomic E-state index is 12.6. The van der Waals surface area contributed by atoms with Crippen LogP contribution in [-0.4, -0.2) is 53.4 Å². The molecular formula is C21H28ClN5O2. The van der Waals surface area contributed by atoms with E-state index >= 15 is 0 Å². The van der Waals surface area contributed by atoms with Crippen LogP contribution in [0.3, 0.4) is 0 Å². The molecule has 0 saturated carbocycles. The van der Waals surface area contributed by atoms with Crippen molar-refractivity contribution in [2.75, 3.05) is 32.0 Å². The molecule has 1 aromatic heterocycles. The number of benzene rings is 1. The summed E-state index contributed by atoms with van der Waals surface area (Å²) in [6.07, 6.45) is 6.09. The number of amides is 2. The van der Waals surface area contributed by atoms with Crippen LogP contribution in [0.15, 0.2) is 30.6 Å². The third-order valence-corrected chi connectivity index (χ3v) is 4.62. The van der Waals surface area contributed by atoms with Gasteiger partial charge in [-0.3, -0.25) is 14.6 Å². The first-order chi connectivity index (χ1) is 13.9. The van der Waals surface area contributed by atoms with Gasteiger partial charge in [0.25, 0.3) is 11.8 Å². The number of halogens is 1. The van der Waals surface area contributed by atoms with Crippen molar-refractivity contribution in [1.82, 2.24) is 20.2 Å². The summed E-state index contributed by atoms with van der Waals surface area (Å²) in [5, 5.41) is 6.03. The predicted molar refractivity (Wildman–Crippen MR) is 116 cm³/mol. The second-order valence-electron chi connectivity index (χ2n) is 6.95. The highest BCUT2D eigenvalue weighted by Crippen LogP contribution is 2.21. The van der Waals surface area contributed by atoms with E-state index in [-0.39, 0.29) is 11.6 Å². The number of aryl methyl sites for hydroxylation is 1. The average molecular weight is 418 g/mol. The van der Waals surface area contributed by atoms with Gasteiger partial charge in [0, 0.05) is 17.8 Å². The van der Waals surface area contributed by atoms with E-state index in [4.69, 9.17) is 11.6 Å². The molecule has 1 aromatic carbocycles. The van der Waals surface area contributed by atoms with Crippen molar-refractivity contribution in [1.29, 1.82) is 0 Å². The van der Waals surface area contributed by atoms with Crippen molar-refractivity contribution in [3.05, 3.63) is 52.6 Å². The number of carbonyl (C=O) groups excluding carboxylic acids is 2. The number of unbranched alkanes of at least 4 members (excludes halogenated alkanes) is 1. The molecule has 156 valence electrons. The number of carbonyl (C=O) groups is 2. The summed E-state index contributed by atoms with van der Waals surface area (Å²) >= 11 is 6.06. The molecule has 0 radical (unpaired) electrons. The van der Waals surface area contributed by atoms with E-state index in [1.807, 2.05) is 0 Å². The molecule has 0 aliphatic rings. The van der Waals surface area contributed by atoms with Crippen LogP contribution in [-0.2, 0) is 0 Å². The molecular weight excluding hydrogens is 390 g/mol. The minimum Gasteiger partial charge on any atom is -0.352 e. The maximum atomic E-state index is 12.6. The number of nitrogens with zero attached hydrogens (tertiary/aromatic N) is 3. The molecule has 2 rings (SSSR count). The summed E-state index contributed by atoms with van der Waals surface area (Å²) in [6, 6.07) is 4.77. The zero-order valence-corrected chi connectivity index (χ0v) is 17.9.